The third kappa shape index (κ3) is 5.87. The number of carbonyl (C=O) groups is 1. The Kier molecular flexibility index (Phi) is 7.49. The molecular formula is C24H29N5O3. The molecular weight excluding hydrogens is 406 g/mol. The van der Waals surface area contributed by atoms with Crippen LogP contribution in [0.2, 0.25) is 0 Å². The average Bonchev–Trinajstić information content (AvgIpc) is 3.10. The first kappa shape index (κ1) is 22.9. The molecule has 3 aromatic rings. The van der Waals surface area contributed by atoms with E-state index in [0.717, 1.165) is 33.8 Å². The van der Waals surface area contributed by atoms with Gasteiger partial charge in [0.1, 0.15) is 5.75 Å². The van der Waals surface area contributed by atoms with Gasteiger partial charge in [0.25, 0.3) is 5.91 Å². The SMILES string of the molecule is COc1ccccc1CN(C)C(=O)CO/N=C(/N)c1cccc(Cn2nc(C)cc2C)c1. The van der Waals surface area contributed by atoms with Gasteiger partial charge >= 0.3 is 0 Å². The molecule has 0 unspecified atom stereocenters. The summed E-state index contributed by atoms with van der Waals surface area (Å²) in [6.07, 6.45) is 0. The molecule has 1 aromatic heterocycles. The molecule has 0 spiro atoms. The van der Waals surface area contributed by atoms with Crippen molar-refractivity contribution in [2.24, 2.45) is 10.9 Å². The lowest BCUT2D eigenvalue weighted by Gasteiger charge is -2.18. The highest BCUT2D eigenvalue weighted by Gasteiger charge is 2.13. The summed E-state index contributed by atoms with van der Waals surface area (Å²) in [4.78, 5) is 19.2. The van der Waals surface area contributed by atoms with E-state index in [1.54, 1.807) is 19.1 Å². The van der Waals surface area contributed by atoms with Gasteiger partial charge in [-0.25, -0.2) is 0 Å². The Bertz CT molecular complexity index is 1110. The van der Waals surface area contributed by atoms with Crippen molar-refractivity contribution in [2.75, 3.05) is 20.8 Å². The molecule has 0 saturated heterocycles. The Labute approximate surface area is 188 Å². The van der Waals surface area contributed by atoms with Gasteiger partial charge in [0, 0.05) is 30.4 Å². The van der Waals surface area contributed by atoms with E-state index in [1.807, 2.05) is 73.1 Å². The lowest BCUT2D eigenvalue weighted by atomic mass is 10.1. The van der Waals surface area contributed by atoms with Crippen LogP contribution >= 0.6 is 0 Å². The molecule has 0 aliphatic rings. The predicted octanol–water partition coefficient (Wildman–Crippen LogP) is 2.85. The number of amides is 1. The largest absolute Gasteiger partial charge is 0.496 e. The molecule has 168 valence electrons. The molecule has 1 amide bonds. The van der Waals surface area contributed by atoms with E-state index >= 15 is 0 Å². The number of nitrogens with zero attached hydrogens (tertiary/aromatic N) is 4. The number of hydrogen-bond donors (Lipinski definition) is 1. The zero-order valence-corrected chi connectivity index (χ0v) is 18.9. The minimum Gasteiger partial charge on any atom is -0.496 e. The number of benzene rings is 2. The second-order valence-corrected chi connectivity index (χ2v) is 7.60. The van der Waals surface area contributed by atoms with Gasteiger partial charge in [-0.05, 0) is 37.6 Å². The minimum atomic E-state index is -0.217. The molecule has 0 aliphatic carbocycles. The number of para-hydroxylation sites is 1. The van der Waals surface area contributed by atoms with E-state index in [9.17, 15) is 4.79 Å². The molecule has 8 heteroatoms. The van der Waals surface area contributed by atoms with Gasteiger partial charge in [-0.3, -0.25) is 9.48 Å². The van der Waals surface area contributed by atoms with Crippen molar-refractivity contribution in [3.63, 3.8) is 0 Å². The van der Waals surface area contributed by atoms with Crippen LogP contribution in [0.5, 0.6) is 5.75 Å². The van der Waals surface area contributed by atoms with Crippen LogP contribution in [0.1, 0.15) is 28.1 Å². The first-order valence-electron chi connectivity index (χ1n) is 10.3. The molecule has 0 saturated carbocycles. The third-order valence-electron chi connectivity index (χ3n) is 5.04. The Balaban J connectivity index is 1.57. The number of carbonyl (C=O) groups excluding carboxylic acids is 1. The second-order valence-electron chi connectivity index (χ2n) is 7.60. The summed E-state index contributed by atoms with van der Waals surface area (Å²) in [7, 11) is 3.31. The number of rotatable bonds is 9. The summed E-state index contributed by atoms with van der Waals surface area (Å²) >= 11 is 0. The molecule has 0 bridgehead atoms. The molecule has 2 aromatic carbocycles. The first-order chi connectivity index (χ1) is 15.4. The van der Waals surface area contributed by atoms with Crippen molar-refractivity contribution < 1.29 is 14.4 Å². The van der Waals surface area contributed by atoms with Gasteiger partial charge in [0.05, 0.1) is 19.3 Å². The van der Waals surface area contributed by atoms with Crippen molar-refractivity contribution >= 4 is 11.7 Å². The Morgan fingerprint density at radius 1 is 1.16 bits per heavy atom. The smallest absolute Gasteiger partial charge is 0.263 e. The Hall–Kier alpha value is -3.81. The maximum Gasteiger partial charge on any atom is 0.263 e. The van der Waals surface area contributed by atoms with Crippen molar-refractivity contribution in [2.45, 2.75) is 26.9 Å². The fourth-order valence-corrected chi connectivity index (χ4v) is 3.33. The predicted molar refractivity (Wildman–Crippen MR) is 123 cm³/mol. The van der Waals surface area contributed by atoms with Crippen LogP contribution in [0.25, 0.3) is 0 Å². The Morgan fingerprint density at radius 2 is 1.94 bits per heavy atom. The van der Waals surface area contributed by atoms with E-state index in [4.69, 9.17) is 15.3 Å². The molecule has 0 fully saturated rings. The van der Waals surface area contributed by atoms with Crippen LogP contribution in [0.4, 0.5) is 0 Å². The molecule has 1 heterocycles. The van der Waals surface area contributed by atoms with Crippen LogP contribution in [0.3, 0.4) is 0 Å². The quantitative estimate of drug-likeness (QED) is 0.317. The van der Waals surface area contributed by atoms with Crippen LogP contribution in [-0.4, -0.2) is 47.2 Å². The molecule has 0 atom stereocenters. The zero-order chi connectivity index (χ0) is 23.1. The van der Waals surface area contributed by atoms with E-state index < -0.39 is 0 Å². The lowest BCUT2D eigenvalue weighted by molar-refractivity contribution is -0.135. The number of hydrogen-bond acceptors (Lipinski definition) is 5. The number of aryl methyl sites for hydroxylation is 2. The summed E-state index contributed by atoms with van der Waals surface area (Å²) in [6.45, 7) is 4.82. The van der Waals surface area contributed by atoms with Gasteiger partial charge < -0.3 is 20.2 Å². The standard InChI is InChI=1S/C24H29N5O3/c1-17-12-18(2)29(26-17)14-19-8-7-10-20(13-19)24(25)27-32-16-23(30)28(3)15-21-9-5-6-11-22(21)31-4/h5-13H,14-16H2,1-4H3,(H2,25,27). The average molecular weight is 436 g/mol. The Morgan fingerprint density at radius 3 is 2.66 bits per heavy atom. The number of oxime groups is 1. The van der Waals surface area contributed by atoms with Gasteiger partial charge in [0.15, 0.2) is 12.4 Å². The summed E-state index contributed by atoms with van der Waals surface area (Å²) in [5.74, 6) is 0.724. The summed E-state index contributed by atoms with van der Waals surface area (Å²) in [6, 6.07) is 17.3. The lowest BCUT2D eigenvalue weighted by Crippen LogP contribution is -2.29. The highest BCUT2D eigenvalue weighted by Crippen LogP contribution is 2.18. The van der Waals surface area contributed by atoms with E-state index in [1.165, 1.54) is 0 Å². The second kappa shape index (κ2) is 10.5. The molecule has 3 rings (SSSR count). The van der Waals surface area contributed by atoms with Crippen LogP contribution in [0, 0.1) is 13.8 Å². The maximum atomic E-state index is 12.4. The highest BCUT2D eigenvalue weighted by atomic mass is 16.6. The van der Waals surface area contributed by atoms with Crippen molar-refractivity contribution in [1.82, 2.24) is 14.7 Å². The van der Waals surface area contributed by atoms with E-state index in [0.29, 0.717) is 13.1 Å². The molecule has 0 aliphatic heterocycles. The number of aromatic nitrogens is 2. The van der Waals surface area contributed by atoms with Gasteiger partial charge in [0.2, 0.25) is 0 Å². The fraction of sp³-hybridized carbons (Fsp3) is 0.292. The van der Waals surface area contributed by atoms with Crippen molar-refractivity contribution in [1.29, 1.82) is 0 Å². The van der Waals surface area contributed by atoms with Crippen molar-refractivity contribution in [3.05, 3.63) is 82.7 Å². The fourth-order valence-electron chi connectivity index (χ4n) is 3.33. The topological polar surface area (TPSA) is 95.0 Å². The van der Waals surface area contributed by atoms with E-state index in [-0.39, 0.29) is 18.3 Å². The summed E-state index contributed by atoms with van der Waals surface area (Å²) < 4.78 is 7.27. The van der Waals surface area contributed by atoms with Crippen molar-refractivity contribution in [3.8, 4) is 5.75 Å². The maximum absolute atomic E-state index is 12.4. The van der Waals surface area contributed by atoms with Crippen LogP contribution in [-0.2, 0) is 22.7 Å². The molecule has 0 radical (unpaired) electrons. The summed E-state index contributed by atoms with van der Waals surface area (Å²) in [5, 5.41) is 8.41. The van der Waals surface area contributed by atoms with Crippen LogP contribution in [0.15, 0.2) is 59.8 Å². The number of methoxy groups -OCH3 is 1. The van der Waals surface area contributed by atoms with Gasteiger partial charge in [-0.1, -0.05) is 41.6 Å². The number of nitrogens with two attached hydrogens (primary N) is 1. The normalized spacial score (nSPS) is 11.3. The molecule has 32 heavy (non-hydrogen) atoms. The third-order valence-corrected chi connectivity index (χ3v) is 5.04. The number of amidine groups is 1. The highest BCUT2D eigenvalue weighted by molar-refractivity contribution is 5.97. The van der Waals surface area contributed by atoms with Gasteiger partial charge in [-0.15, -0.1) is 0 Å². The molecule has 2 N–H and O–H groups in total. The number of ether oxygens (including phenoxy) is 1. The number of likely N-dealkylation sites (N-methyl/N-ethyl adjacent to an activating group) is 1. The minimum absolute atomic E-state index is 0.209. The van der Waals surface area contributed by atoms with Crippen LogP contribution < -0.4 is 10.5 Å². The molecule has 8 nitrogen and oxygen atoms in total. The van der Waals surface area contributed by atoms with E-state index in [2.05, 4.69) is 10.3 Å². The first-order valence-corrected chi connectivity index (χ1v) is 10.3. The monoisotopic (exact) mass is 435 g/mol. The van der Waals surface area contributed by atoms with Gasteiger partial charge in [-0.2, -0.15) is 5.10 Å². The zero-order valence-electron chi connectivity index (χ0n) is 18.9. The summed E-state index contributed by atoms with van der Waals surface area (Å²) in [5.41, 5.74) is 10.8.